The van der Waals surface area contributed by atoms with E-state index in [9.17, 15) is 15.3 Å². The van der Waals surface area contributed by atoms with Crippen molar-refractivity contribution in [3.63, 3.8) is 0 Å². The van der Waals surface area contributed by atoms with E-state index < -0.39 is 5.97 Å². The number of halogens is 1. The first-order chi connectivity index (χ1) is 19.9. The highest BCUT2D eigenvalue weighted by molar-refractivity contribution is 6.30. The number of benzene rings is 3. The van der Waals surface area contributed by atoms with Gasteiger partial charge < -0.3 is 18.9 Å². The molecule has 7 nitrogen and oxygen atoms in total. The number of hydrogen-bond acceptors (Lipinski definition) is 7. The Morgan fingerprint density at radius 3 is 2.05 bits per heavy atom. The standard InChI is InChI=1S/C33H31ClN2O5/c1-4-5-6-7-16-40-29-14-8-24(19-31(29)38-2)18-27(22-36)33(37)41-30-15-9-23(20-32(30)39-3)17-26(21-35)25-10-12-28(34)13-11-25/h8-15,17-20H,4-7,16H2,1-3H3/b26-17+,27-18+. The first kappa shape index (κ1) is 30.8. The molecule has 0 amide bonds. The Labute approximate surface area is 245 Å². The number of carbonyl (C=O) groups excluding carboxylic acids is 1. The van der Waals surface area contributed by atoms with Crippen LogP contribution >= 0.6 is 11.6 Å². The molecule has 8 heteroatoms. The van der Waals surface area contributed by atoms with Crippen molar-refractivity contribution < 1.29 is 23.7 Å². The summed E-state index contributed by atoms with van der Waals surface area (Å²) in [6.07, 6.45) is 7.47. The van der Waals surface area contributed by atoms with Crippen molar-refractivity contribution >= 4 is 35.3 Å². The normalized spacial score (nSPS) is 11.3. The summed E-state index contributed by atoms with van der Waals surface area (Å²) in [6, 6.07) is 21.0. The third-order valence-corrected chi connectivity index (χ3v) is 6.32. The van der Waals surface area contributed by atoms with Gasteiger partial charge in [-0.05, 0) is 71.7 Å². The zero-order valence-electron chi connectivity index (χ0n) is 23.3. The van der Waals surface area contributed by atoms with E-state index in [2.05, 4.69) is 13.0 Å². The molecule has 0 unspecified atom stereocenters. The zero-order valence-corrected chi connectivity index (χ0v) is 24.0. The summed E-state index contributed by atoms with van der Waals surface area (Å²) < 4.78 is 22.2. The van der Waals surface area contributed by atoms with Crippen LogP contribution in [0.5, 0.6) is 23.0 Å². The number of nitrogens with zero attached hydrogens (tertiary/aromatic N) is 2. The van der Waals surface area contributed by atoms with Gasteiger partial charge in [-0.25, -0.2) is 4.79 Å². The van der Waals surface area contributed by atoms with Crippen molar-refractivity contribution in [2.75, 3.05) is 20.8 Å². The fourth-order valence-electron chi connectivity index (χ4n) is 3.90. The maximum atomic E-state index is 12.9. The largest absolute Gasteiger partial charge is 0.493 e. The summed E-state index contributed by atoms with van der Waals surface area (Å²) in [7, 11) is 2.97. The number of ether oxygens (including phenoxy) is 4. The van der Waals surface area contributed by atoms with Gasteiger partial charge in [0, 0.05) is 5.02 Å². The monoisotopic (exact) mass is 570 g/mol. The first-order valence-corrected chi connectivity index (χ1v) is 13.5. The number of esters is 1. The lowest BCUT2D eigenvalue weighted by Crippen LogP contribution is -2.11. The lowest BCUT2D eigenvalue weighted by molar-refractivity contribution is -0.129. The highest BCUT2D eigenvalue weighted by Gasteiger charge is 2.16. The fraction of sp³-hybridized carbons (Fsp3) is 0.242. The molecule has 0 saturated carbocycles. The number of allylic oxidation sites excluding steroid dienone is 1. The molecule has 0 aliphatic rings. The van der Waals surface area contributed by atoms with Crippen LogP contribution in [0.15, 0.2) is 66.2 Å². The molecule has 0 aromatic heterocycles. The Kier molecular flexibility index (Phi) is 11.8. The lowest BCUT2D eigenvalue weighted by Gasteiger charge is -2.12. The molecule has 3 aromatic rings. The molecular formula is C33H31ClN2O5. The first-order valence-electron chi connectivity index (χ1n) is 13.1. The fourth-order valence-corrected chi connectivity index (χ4v) is 4.02. The van der Waals surface area contributed by atoms with Crippen LogP contribution in [-0.2, 0) is 4.79 Å². The number of carbonyl (C=O) groups is 1. The van der Waals surface area contributed by atoms with Gasteiger partial charge in [0.05, 0.1) is 32.5 Å². The van der Waals surface area contributed by atoms with Crippen LogP contribution in [-0.4, -0.2) is 26.8 Å². The minimum Gasteiger partial charge on any atom is -0.493 e. The van der Waals surface area contributed by atoms with E-state index in [0.717, 1.165) is 25.7 Å². The van der Waals surface area contributed by atoms with Gasteiger partial charge in [0.1, 0.15) is 11.6 Å². The molecule has 0 aliphatic heterocycles. The van der Waals surface area contributed by atoms with Gasteiger partial charge in [-0.15, -0.1) is 0 Å². The Bertz CT molecular complexity index is 1500. The molecule has 3 aromatic carbocycles. The number of nitriles is 2. The van der Waals surface area contributed by atoms with Crippen LogP contribution < -0.4 is 18.9 Å². The summed E-state index contributed by atoms with van der Waals surface area (Å²) in [5.74, 6) is 0.644. The van der Waals surface area contributed by atoms with E-state index in [1.54, 1.807) is 66.7 Å². The summed E-state index contributed by atoms with van der Waals surface area (Å²) in [6.45, 7) is 2.74. The molecule has 0 fully saturated rings. The summed E-state index contributed by atoms with van der Waals surface area (Å²) >= 11 is 5.95. The van der Waals surface area contributed by atoms with Crippen molar-refractivity contribution in [2.45, 2.75) is 32.6 Å². The quantitative estimate of drug-likeness (QED) is 0.0514. The SMILES string of the molecule is CCCCCCOc1ccc(/C=C(\C#N)C(=O)Oc2ccc(/C=C(\C#N)c3ccc(Cl)cc3)cc2OC)cc1OC. The maximum Gasteiger partial charge on any atom is 0.354 e. The number of rotatable bonds is 13. The van der Waals surface area contributed by atoms with Gasteiger partial charge in [-0.1, -0.05) is 62.1 Å². The van der Waals surface area contributed by atoms with Crippen LogP contribution in [0.25, 0.3) is 17.7 Å². The Morgan fingerprint density at radius 1 is 0.805 bits per heavy atom. The van der Waals surface area contributed by atoms with Gasteiger partial charge in [-0.2, -0.15) is 10.5 Å². The predicted molar refractivity (Wildman–Crippen MR) is 160 cm³/mol. The predicted octanol–water partition coefficient (Wildman–Crippen LogP) is 7.89. The molecule has 0 aliphatic carbocycles. The van der Waals surface area contributed by atoms with Gasteiger partial charge in [-0.3, -0.25) is 0 Å². The van der Waals surface area contributed by atoms with Crippen LogP contribution in [0.3, 0.4) is 0 Å². The minimum absolute atomic E-state index is 0.130. The van der Waals surface area contributed by atoms with Crippen LogP contribution in [0.2, 0.25) is 5.02 Å². The van der Waals surface area contributed by atoms with E-state index >= 15 is 0 Å². The highest BCUT2D eigenvalue weighted by atomic mass is 35.5. The second kappa shape index (κ2) is 15.8. The smallest absolute Gasteiger partial charge is 0.354 e. The van der Waals surface area contributed by atoms with E-state index in [1.807, 2.05) is 6.07 Å². The van der Waals surface area contributed by atoms with Crippen molar-refractivity contribution in [1.29, 1.82) is 10.5 Å². The van der Waals surface area contributed by atoms with Crippen molar-refractivity contribution in [2.24, 2.45) is 0 Å². The van der Waals surface area contributed by atoms with Gasteiger partial charge in [0.2, 0.25) is 0 Å². The van der Waals surface area contributed by atoms with E-state index in [1.165, 1.54) is 20.3 Å². The van der Waals surface area contributed by atoms with Crippen LogP contribution in [0.4, 0.5) is 0 Å². The lowest BCUT2D eigenvalue weighted by atomic mass is 10.0. The molecule has 0 atom stereocenters. The molecular weight excluding hydrogens is 540 g/mol. The highest BCUT2D eigenvalue weighted by Crippen LogP contribution is 2.32. The zero-order chi connectivity index (χ0) is 29.6. The van der Waals surface area contributed by atoms with E-state index in [4.69, 9.17) is 30.5 Å². The number of unbranched alkanes of at least 4 members (excludes halogenated alkanes) is 3. The third kappa shape index (κ3) is 8.89. The Balaban J connectivity index is 1.77. The summed E-state index contributed by atoms with van der Waals surface area (Å²) in [4.78, 5) is 12.9. The molecule has 0 N–H and O–H groups in total. The molecule has 0 saturated heterocycles. The minimum atomic E-state index is -0.844. The molecule has 210 valence electrons. The second-order valence-electron chi connectivity index (χ2n) is 8.97. The molecule has 3 rings (SSSR count). The molecule has 0 radical (unpaired) electrons. The average Bonchev–Trinajstić information content (AvgIpc) is 2.99. The maximum absolute atomic E-state index is 12.9. The van der Waals surface area contributed by atoms with E-state index in [-0.39, 0.29) is 17.1 Å². The molecule has 0 heterocycles. The Hall–Kier alpha value is -4.72. The molecule has 0 spiro atoms. The topological polar surface area (TPSA) is 102 Å². The van der Waals surface area contributed by atoms with Crippen LogP contribution in [0.1, 0.15) is 49.3 Å². The average molecular weight is 571 g/mol. The molecule has 41 heavy (non-hydrogen) atoms. The second-order valence-corrected chi connectivity index (χ2v) is 9.40. The van der Waals surface area contributed by atoms with Gasteiger partial charge in [0.25, 0.3) is 0 Å². The van der Waals surface area contributed by atoms with Gasteiger partial charge >= 0.3 is 5.97 Å². The molecule has 0 bridgehead atoms. The number of methoxy groups -OCH3 is 2. The van der Waals surface area contributed by atoms with Crippen molar-refractivity contribution in [1.82, 2.24) is 0 Å². The number of hydrogen-bond donors (Lipinski definition) is 0. The third-order valence-electron chi connectivity index (χ3n) is 6.07. The summed E-state index contributed by atoms with van der Waals surface area (Å²) in [5, 5.41) is 19.9. The van der Waals surface area contributed by atoms with E-state index in [0.29, 0.717) is 45.4 Å². The summed E-state index contributed by atoms with van der Waals surface area (Å²) in [5.41, 5.74) is 2.15. The van der Waals surface area contributed by atoms with Crippen molar-refractivity contribution in [3.05, 3.63) is 87.9 Å². The van der Waals surface area contributed by atoms with Crippen LogP contribution in [0, 0.1) is 22.7 Å². The van der Waals surface area contributed by atoms with Crippen molar-refractivity contribution in [3.8, 4) is 35.1 Å². The van der Waals surface area contributed by atoms with Gasteiger partial charge in [0.15, 0.2) is 23.0 Å². The Morgan fingerprint density at radius 2 is 1.44 bits per heavy atom.